The van der Waals surface area contributed by atoms with Crippen LogP contribution < -0.4 is 10.1 Å². The molecule has 0 radical (unpaired) electrons. The van der Waals surface area contributed by atoms with Crippen molar-refractivity contribution in [3.05, 3.63) is 77.2 Å². The molecule has 1 heterocycles. The molecule has 0 saturated carbocycles. The Kier molecular flexibility index (Phi) is 7.30. The fourth-order valence-electron chi connectivity index (χ4n) is 2.75. The van der Waals surface area contributed by atoms with Crippen LogP contribution >= 0.6 is 15.9 Å². The van der Waals surface area contributed by atoms with Gasteiger partial charge in [0.05, 0.1) is 17.7 Å². The SMILES string of the molecule is CC(=O)Nc1ccc(S(=O)(=O)N(CCOc2cccc(Br)c2)Cc2ccco2)cc1. The molecule has 0 fully saturated rings. The first-order chi connectivity index (χ1) is 14.3. The Balaban J connectivity index is 1.76. The molecular weight excluding hydrogens is 472 g/mol. The van der Waals surface area contributed by atoms with Gasteiger partial charge in [0.2, 0.25) is 15.9 Å². The molecule has 3 rings (SSSR count). The van der Waals surface area contributed by atoms with Gasteiger partial charge in [0.25, 0.3) is 0 Å². The van der Waals surface area contributed by atoms with Crippen molar-refractivity contribution in [3.63, 3.8) is 0 Å². The molecule has 3 aromatic rings. The van der Waals surface area contributed by atoms with E-state index in [1.54, 1.807) is 30.3 Å². The number of halogens is 1. The molecule has 0 spiro atoms. The maximum atomic E-state index is 13.2. The number of amides is 1. The fraction of sp³-hybridized carbons (Fsp3) is 0.190. The number of hydrogen-bond donors (Lipinski definition) is 1. The van der Waals surface area contributed by atoms with E-state index < -0.39 is 10.0 Å². The normalized spacial score (nSPS) is 11.4. The van der Waals surface area contributed by atoms with Gasteiger partial charge < -0.3 is 14.5 Å². The van der Waals surface area contributed by atoms with Crippen LogP contribution in [-0.2, 0) is 21.4 Å². The van der Waals surface area contributed by atoms with Crippen molar-refractivity contribution in [2.24, 2.45) is 0 Å². The van der Waals surface area contributed by atoms with Crippen LogP contribution in [0.3, 0.4) is 0 Å². The summed E-state index contributed by atoms with van der Waals surface area (Å²) in [4.78, 5) is 11.3. The predicted octanol–water partition coefficient (Wildman–Crippen LogP) is 4.27. The second-order valence-corrected chi connectivity index (χ2v) is 9.28. The zero-order valence-electron chi connectivity index (χ0n) is 16.2. The first-order valence-corrected chi connectivity index (χ1v) is 11.4. The van der Waals surface area contributed by atoms with E-state index in [9.17, 15) is 13.2 Å². The summed E-state index contributed by atoms with van der Waals surface area (Å²) in [5.74, 6) is 0.935. The van der Waals surface area contributed by atoms with Gasteiger partial charge in [-0.3, -0.25) is 4.79 Å². The van der Waals surface area contributed by atoms with Crippen LogP contribution in [0.4, 0.5) is 5.69 Å². The second kappa shape index (κ2) is 9.92. The summed E-state index contributed by atoms with van der Waals surface area (Å²) in [5, 5.41) is 2.62. The highest BCUT2D eigenvalue weighted by atomic mass is 79.9. The Labute approximate surface area is 183 Å². The lowest BCUT2D eigenvalue weighted by molar-refractivity contribution is -0.114. The molecule has 2 aromatic carbocycles. The van der Waals surface area contributed by atoms with Crippen LogP contribution in [0.2, 0.25) is 0 Å². The number of nitrogens with zero attached hydrogens (tertiary/aromatic N) is 1. The van der Waals surface area contributed by atoms with Crippen LogP contribution in [0.1, 0.15) is 12.7 Å². The molecule has 0 unspecified atom stereocenters. The maximum absolute atomic E-state index is 13.2. The zero-order valence-corrected chi connectivity index (χ0v) is 18.6. The first kappa shape index (κ1) is 22.1. The number of carbonyl (C=O) groups is 1. The van der Waals surface area contributed by atoms with Crippen LogP contribution in [0.5, 0.6) is 5.75 Å². The summed E-state index contributed by atoms with van der Waals surface area (Å²) in [7, 11) is -3.81. The van der Waals surface area contributed by atoms with Gasteiger partial charge in [0.1, 0.15) is 18.1 Å². The van der Waals surface area contributed by atoms with E-state index in [0.717, 1.165) is 4.47 Å². The zero-order chi connectivity index (χ0) is 21.6. The summed E-state index contributed by atoms with van der Waals surface area (Å²) in [5.41, 5.74) is 0.525. The lowest BCUT2D eigenvalue weighted by Gasteiger charge is -2.21. The molecule has 1 amide bonds. The van der Waals surface area contributed by atoms with Crippen molar-refractivity contribution < 1.29 is 22.4 Å². The molecule has 7 nitrogen and oxygen atoms in total. The first-order valence-electron chi connectivity index (χ1n) is 9.13. The van der Waals surface area contributed by atoms with Gasteiger partial charge in [0, 0.05) is 23.6 Å². The molecule has 158 valence electrons. The predicted molar refractivity (Wildman–Crippen MR) is 117 cm³/mol. The minimum absolute atomic E-state index is 0.0740. The number of nitrogens with one attached hydrogen (secondary N) is 1. The van der Waals surface area contributed by atoms with Crippen molar-refractivity contribution in [2.45, 2.75) is 18.4 Å². The van der Waals surface area contributed by atoms with E-state index in [-0.39, 0.29) is 30.5 Å². The molecule has 1 N–H and O–H groups in total. The lowest BCUT2D eigenvalue weighted by atomic mass is 10.3. The fourth-order valence-corrected chi connectivity index (χ4v) is 4.51. The number of sulfonamides is 1. The van der Waals surface area contributed by atoms with Crippen LogP contribution in [-0.4, -0.2) is 31.8 Å². The maximum Gasteiger partial charge on any atom is 0.243 e. The van der Waals surface area contributed by atoms with E-state index in [4.69, 9.17) is 9.15 Å². The standard InChI is InChI=1S/C21H21BrN2O5S/c1-16(25)23-18-7-9-21(10-8-18)30(26,27)24(15-20-6-3-12-28-20)11-13-29-19-5-2-4-17(22)14-19/h2-10,12,14H,11,13,15H2,1H3,(H,23,25). The van der Waals surface area contributed by atoms with Crippen molar-refractivity contribution in [1.29, 1.82) is 0 Å². The average Bonchev–Trinajstić information content (AvgIpc) is 3.20. The second-order valence-electron chi connectivity index (χ2n) is 6.43. The van der Waals surface area contributed by atoms with Crippen molar-refractivity contribution in [3.8, 4) is 5.75 Å². The number of anilines is 1. The number of hydrogen-bond acceptors (Lipinski definition) is 5. The monoisotopic (exact) mass is 492 g/mol. The van der Waals surface area contributed by atoms with Crippen molar-refractivity contribution >= 4 is 37.5 Å². The smallest absolute Gasteiger partial charge is 0.243 e. The largest absolute Gasteiger partial charge is 0.492 e. The Morgan fingerprint density at radius 2 is 1.90 bits per heavy atom. The van der Waals surface area contributed by atoms with E-state index >= 15 is 0 Å². The summed E-state index contributed by atoms with van der Waals surface area (Å²) >= 11 is 3.38. The number of ether oxygens (including phenoxy) is 1. The molecule has 0 aliphatic carbocycles. The van der Waals surface area contributed by atoms with Gasteiger partial charge in [0.15, 0.2) is 0 Å². The van der Waals surface area contributed by atoms with Crippen molar-refractivity contribution in [2.75, 3.05) is 18.5 Å². The van der Waals surface area contributed by atoms with Crippen LogP contribution in [0, 0.1) is 0 Å². The summed E-state index contributed by atoms with van der Waals surface area (Å²) in [6.45, 7) is 1.76. The molecule has 30 heavy (non-hydrogen) atoms. The van der Waals surface area contributed by atoms with E-state index in [2.05, 4.69) is 21.2 Å². The Hall–Kier alpha value is -2.62. The quantitative estimate of drug-likeness (QED) is 0.481. The number of benzene rings is 2. The summed E-state index contributed by atoms with van der Waals surface area (Å²) in [6, 6.07) is 16.8. The molecule has 0 aliphatic rings. The molecule has 0 saturated heterocycles. The topological polar surface area (TPSA) is 88.9 Å². The molecule has 0 atom stereocenters. The van der Waals surface area contributed by atoms with Crippen LogP contribution in [0.15, 0.2) is 80.7 Å². The molecule has 0 aliphatic heterocycles. The molecule has 0 bridgehead atoms. The highest BCUT2D eigenvalue weighted by Gasteiger charge is 2.25. The number of rotatable bonds is 9. The van der Waals surface area contributed by atoms with Gasteiger partial charge in [-0.2, -0.15) is 4.31 Å². The van der Waals surface area contributed by atoms with Gasteiger partial charge in [-0.05, 0) is 54.6 Å². The van der Waals surface area contributed by atoms with E-state index in [1.165, 1.54) is 29.6 Å². The summed E-state index contributed by atoms with van der Waals surface area (Å²) in [6.07, 6.45) is 1.50. The number of furan rings is 1. The molecule has 1 aromatic heterocycles. The highest BCUT2D eigenvalue weighted by Crippen LogP contribution is 2.22. The van der Waals surface area contributed by atoms with Gasteiger partial charge in [-0.15, -0.1) is 0 Å². The molecular formula is C21H21BrN2O5S. The lowest BCUT2D eigenvalue weighted by Crippen LogP contribution is -2.34. The van der Waals surface area contributed by atoms with Crippen LogP contribution in [0.25, 0.3) is 0 Å². The third-order valence-electron chi connectivity index (χ3n) is 4.13. The molecule has 9 heteroatoms. The van der Waals surface area contributed by atoms with E-state index in [0.29, 0.717) is 17.2 Å². The Morgan fingerprint density at radius 3 is 2.53 bits per heavy atom. The Bertz CT molecular complexity index is 1080. The van der Waals surface area contributed by atoms with Gasteiger partial charge in [-0.1, -0.05) is 22.0 Å². The minimum atomic E-state index is -3.81. The van der Waals surface area contributed by atoms with Gasteiger partial charge in [-0.25, -0.2) is 8.42 Å². The van der Waals surface area contributed by atoms with Crippen molar-refractivity contribution in [1.82, 2.24) is 4.31 Å². The average molecular weight is 493 g/mol. The van der Waals surface area contributed by atoms with Gasteiger partial charge >= 0.3 is 0 Å². The van der Waals surface area contributed by atoms with E-state index in [1.807, 2.05) is 18.2 Å². The Morgan fingerprint density at radius 1 is 1.13 bits per heavy atom. The summed E-state index contributed by atoms with van der Waals surface area (Å²) < 4.78 is 39.7. The minimum Gasteiger partial charge on any atom is -0.492 e. The number of carbonyl (C=O) groups excluding carboxylic acids is 1. The third-order valence-corrected chi connectivity index (χ3v) is 6.48. The third kappa shape index (κ3) is 5.94. The highest BCUT2D eigenvalue weighted by molar-refractivity contribution is 9.10.